The van der Waals surface area contributed by atoms with Crippen LogP contribution in [0.15, 0.2) is 17.0 Å². The fourth-order valence-electron chi connectivity index (χ4n) is 0.309. The average molecular weight is 93.2 g/mol. The van der Waals surface area contributed by atoms with E-state index in [4.69, 9.17) is 0 Å². The lowest BCUT2D eigenvalue weighted by atomic mass is 10.7. The molecule has 0 saturated heterocycles. The molecule has 0 aromatic rings. The summed E-state index contributed by atoms with van der Waals surface area (Å²) in [6.45, 7) is 0. The molecule has 1 rings (SSSR count). The minimum atomic E-state index is 1.26. The highest BCUT2D eigenvalue weighted by Crippen LogP contribution is 2.25. The van der Waals surface area contributed by atoms with E-state index in [1.165, 1.54) is 18.4 Å². The fourth-order valence-corrected chi connectivity index (χ4v) is 0.513. The van der Waals surface area contributed by atoms with Crippen LogP contribution in [-0.2, 0) is 0 Å². The molecule has 0 amide bonds. The molecule has 0 bridgehead atoms. The Morgan fingerprint density at radius 1 is 1.67 bits per heavy atom. The lowest BCUT2D eigenvalue weighted by Gasteiger charge is -1.50. The van der Waals surface area contributed by atoms with Gasteiger partial charge >= 0.3 is 0 Å². The molecule has 0 spiro atoms. The lowest BCUT2D eigenvalue weighted by Crippen LogP contribution is -1.39. The van der Waals surface area contributed by atoms with Gasteiger partial charge < -0.3 is 0 Å². The van der Waals surface area contributed by atoms with Gasteiger partial charge in [0.05, 0.1) is 10.2 Å². The number of hydrogen-bond acceptors (Lipinski definition) is 0. The molecule has 6 heavy (non-hydrogen) atoms. The normalized spacial score (nSPS) is 16.5. The quantitative estimate of drug-likeness (QED) is 0.309. The van der Waals surface area contributed by atoms with Gasteiger partial charge in [0.25, 0.3) is 0 Å². The first-order valence-electron chi connectivity index (χ1n) is 2.03. The van der Waals surface area contributed by atoms with E-state index in [1.807, 2.05) is 0 Å². The Labute approximate surface area is 41.0 Å². The molecule has 3 radical (unpaired) electrons. The molecule has 1 heteroatoms. The van der Waals surface area contributed by atoms with E-state index in [2.05, 4.69) is 16.0 Å². The van der Waals surface area contributed by atoms with Gasteiger partial charge in [-0.15, -0.1) is 5.73 Å². The maximum Gasteiger partial charge on any atom is 0.0718 e. The van der Waals surface area contributed by atoms with Crippen molar-refractivity contribution in [3.05, 3.63) is 17.0 Å². The zero-order valence-corrected chi connectivity index (χ0v) is 4.49. The molecule has 1 saturated carbocycles. The van der Waals surface area contributed by atoms with E-state index in [1.54, 1.807) is 5.70 Å². The smallest absolute Gasteiger partial charge is 0.0718 e. The molecule has 1 aliphatic carbocycles. The Kier molecular flexibility index (Phi) is 0.950. The van der Waals surface area contributed by atoms with Crippen molar-refractivity contribution < 1.29 is 0 Å². The van der Waals surface area contributed by atoms with Gasteiger partial charge in [-0.1, -0.05) is 5.70 Å². The molecule has 0 unspecified atom stereocenters. The summed E-state index contributed by atoms with van der Waals surface area (Å²) < 4.78 is 0. The lowest BCUT2D eigenvalue weighted by molar-refractivity contribution is 1.50. The highest BCUT2D eigenvalue weighted by atomic mass is 28.1. The second-order valence-corrected chi connectivity index (χ2v) is 1.68. The van der Waals surface area contributed by atoms with Crippen molar-refractivity contribution in [3.8, 4) is 0 Å². The number of allylic oxidation sites excluding steroid dienone is 1. The molecule has 1 aliphatic rings. The van der Waals surface area contributed by atoms with E-state index >= 15 is 0 Å². The van der Waals surface area contributed by atoms with Crippen LogP contribution in [0.4, 0.5) is 0 Å². The van der Waals surface area contributed by atoms with Gasteiger partial charge in [-0.05, 0) is 18.4 Å². The number of rotatable bonds is 0. The van der Waals surface area contributed by atoms with Crippen LogP contribution in [0.25, 0.3) is 0 Å². The van der Waals surface area contributed by atoms with Crippen LogP contribution >= 0.6 is 0 Å². The van der Waals surface area contributed by atoms with Gasteiger partial charge in [0.1, 0.15) is 0 Å². The number of hydrogen-bond donors (Lipinski definition) is 0. The zero-order chi connectivity index (χ0) is 4.41. The van der Waals surface area contributed by atoms with Crippen molar-refractivity contribution in [1.29, 1.82) is 0 Å². The SMILES string of the molecule is [Si]C=C=C1CC1. The van der Waals surface area contributed by atoms with E-state index in [0.29, 0.717) is 0 Å². The molecule has 0 atom stereocenters. The molecule has 29 valence electrons. The van der Waals surface area contributed by atoms with Crippen molar-refractivity contribution in [3.63, 3.8) is 0 Å². The predicted octanol–water partition coefficient (Wildman–Crippen LogP) is 0.988. The van der Waals surface area contributed by atoms with Crippen molar-refractivity contribution in [1.82, 2.24) is 0 Å². The van der Waals surface area contributed by atoms with Crippen LogP contribution in [0.3, 0.4) is 0 Å². The van der Waals surface area contributed by atoms with Crippen LogP contribution in [0.5, 0.6) is 0 Å². The Hall–Kier alpha value is -0.263. The summed E-state index contributed by atoms with van der Waals surface area (Å²) in [4.78, 5) is 0. The first-order chi connectivity index (χ1) is 2.93. The van der Waals surface area contributed by atoms with E-state index in [-0.39, 0.29) is 0 Å². The van der Waals surface area contributed by atoms with Gasteiger partial charge in [0.15, 0.2) is 0 Å². The monoisotopic (exact) mass is 93.0 g/mol. The van der Waals surface area contributed by atoms with Gasteiger partial charge in [-0.25, -0.2) is 0 Å². The van der Waals surface area contributed by atoms with Crippen molar-refractivity contribution in [2.24, 2.45) is 0 Å². The predicted molar refractivity (Wildman–Crippen MR) is 26.6 cm³/mol. The maximum absolute atomic E-state index is 3.17. The van der Waals surface area contributed by atoms with E-state index < -0.39 is 0 Å². The largest absolute Gasteiger partial charge is 0.131 e. The van der Waals surface area contributed by atoms with E-state index in [9.17, 15) is 0 Å². The molecule has 0 heterocycles. The third kappa shape index (κ3) is 0.850. The second kappa shape index (κ2) is 1.46. The highest BCUT2D eigenvalue weighted by Gasteiger charge is 2.07. The molecule has 0 aromatic carbocycles. The minimum Gasteiger partial charge on any atom is -0.131 e. The Balaban J connectivity index is 2.64. The minimum absolute atomic E-state index is 1.26. The zero-order valence-electron chi connectivity index (χ0n) is 3.49. The van der Waals surface area contributed by atoms with Gasteiger partial charge in [0.2, 0.25) is 0 Å². The highest BCUT2D eigenvalue weighted by molar-refractivity contribution is 6.16. The summed E-state index contributed by atoms with van der Waals surface area (Å²) in [6.07, 6.45) is 2.53. The van der Waals surface area contributed by atoms with E-state index in [0.717, 1.165) is 0 Å². The molecule has 0 N–H and O–H groups in total. The summed E-state index contributed by atoms with van der Waals surface area (Å²) in [5, 5.41) is 0. The molecular formula is C5H5Si. The topological polar surface area (TPSA) is 0 Å². The third-order valence-electron chi connectivity index (χ3n) is 0.776. The Bertz CT molecular complexity index is 101. The van der Waals surface area contributed by atoms with Crippen LogP contribution in [-0.4, -0.2) is 10.2 Å². The first-order valence-corrected chi connectivity index (χ1v) is 2.61. The Morgan fingerprint density at radius 3 is 2.50 bits per heavy atom. The fraction of sp³-hybridized carbons (Fsp3) is 0.400. The van der Waals surface area contributed by atoms with Crippen LogP contribution in [0.1, 0.15) is 12.8 Å². The Morgan fingerprint density at radius 2 is 2.33 bits per heavy atom. The van der Waals surface area contributed by atoms with Crippen molar-refractivity contribution in [2.75, 3.05) is 0 Å². The van der Waals surface area contributed by atoms with Gasteiger partial charge in [0, 0.05) is 0 Å². The maximum atomic E-state index is 3.17. The molecule has 1 fully saturated rings. The van der Waals surface area contributed by atoms with Crippen LogP contribution in [0.2, 0.25) is 0 Å². The van der Waals surface area contributed by atoms with Gasteiger partial charge in [-0.2, -0.15) is 0 Å². The average Bonchev–Trinajstić information content (AvgIpc) is 2.21. The van der Waals surface area contributed by atoms with Crippen molar-refractivity contribution >= 4 is 10.2 Å². The summed E-state index contributed by atoms with van der Waals surface area (Å²) >= 11 is 0. The third-order valence-corrected chi connectivity index (χ3v) is 0.921. The summed E-state index contributed by atoms with van der Waals surface area (Å²) in [5.74, 6) is 0. The molecule has 0 aromatic heterocycles. The second-order valence-electron chi connectivity index (χ2n) is 1.39. The first kappa shape index (κ1) is 3.91. The molecular weight excluding hydrogens is 88.1 g/mol. The standard InChI is InChI=1S/C5H5Si/c6-4-3-5-1-2-5/h4H,1-2H2. The molecule has 0 aliphatic heterocycles. The summed E-state index contributed by atoms with van der Waals surface area (Å²) in [7, 11) is 3.17. The van der Waals surface area contributed by atoms with Crippen molar-refractivity contribution in [2.45, 2.75) is 12.8 Å². The van der Waals surface area contributed by atoms with Crippen LogP contribution in [0, 0.1) is 0 Å². The molecule has 0 nitrogen and oxygen atoms in total. The van der Waals surface area contributed by atoms with Gasteiger partial charge in [-0.3, -0.25) is 0 Å². The summed E-state index contributed by atoms with van der Waals surface area (Å²) in [5.41, 5.74) is 6.24. The van der Waals surface area contributed by atoms with Crippen LogP contribution < -0.4 is 0 Å². The summed E-state index contributed by atoms with van der Waals surface area (Å²) in [6, 6.07) is 0.